The Morgan fingerprint density at radius 3 is 2.00 bits per heavy atom. The molecule has 0 spiro atoms. The minimum absolute atomic E-state index is 0.129. The van der Waals surface area contributed by atoms with E-state index in [0.717, 1.165) is 5.56 Å². The average Bonchev–Trinajstić information content (AvgIpc) is 2.77. The monoisotopic (exact) mass is 468 g/mol. The lowest BCUT2D eigenvalue weighted by atomic mass is 10.1. The van der Waals surface area contributed by atoms with Crippen molar-refractivity contribution < 1.29 is 22.7 Å². The van der Waals surface area contributed by atoms with E-state index < -0.39 is 15.6 Å². The molecule has 0 fully saturated rings. The first-order valence-corrected chi connectivity index (χ1v) is 11.9. The van der Waals surface area contributed by atoms with Gasteiger partial charge in [-0.25, -0.2) is 13.1 Å². The maximum Gasteiger partial charge on any atom is 0.262 e. The fourth-order valence-corrected chi connectivity index (χ4v) is 4.32. The van der Waals surface area contributed by atoms with Crippen molar-refractivity contribution >= 4 is 21.6 Å². The molecule has 8 heteroatoms. The number of hydrogen-bond donors (Lipinski definition) is 2. The largest absolute Gasteiger partial charge is 0.489 e. The van der Waals surface area contributed by atoms with Gasteiger partial charge in [0.2, 0.25) is 10.0 Å². The third-order valence-electron chi connectivity index (χ3n) is 4.33. The highest BCUT2D eigenvalue weighted by molar-refractivity contribution is 7.89. The van der Waals surface area contributed by atoms with Crippen molar-refractivity contribution in [3.63, 3.8) is 0 Å². The third-order valence-corrected chi connectivity index (χ3v) is 6.10. The van der Waals surface area contributed by atoms with Gasteiger partial charge in [0.1, 0.15) is 18.1 Å². The van der Waals surface area contributed by atoms with Gasteiger partial charge in [-0.1, -0.05) is 30.3 Å². The number of rotatable bonds is 9. The summed E-state index contributed by atoms with van der Waals surface area (Å²) in [6.07, 6.45) is 0. The van der Waals surface area contributed by atoms with Gasteiger partial charge in [0.05, 0.1) is 4.90 Å². The van der Waals surface area contributed by atoms with Gasteiger partial charge in [0, 0.05) is 11.2 Å². The first kappa shape index (κ1) is 24.3. The molecule has 0 atom stereocenters. The van der Waals surface area contributed by atoms with Crippen molar-refractivity contribution in [3.05, 3.63) is 84.4 Å². The number of benzene rings is 3. The minimum Gasteiger partial charge on any atom is -0.489 e. The summed E-state index contributed by atoms with van der Waals surface area (Å²) in [7, 11) is -3.63. The predicted molar refractivity (Wildman–Crippen MR) is 128 cm³/mol. The van der Waals surface area contributed by atoms with Crippen LogP contribution in [-0.2, 0) is 21.4 Å². The highest BCUT2D eigenvalue weighted by Crippen LogP contribution is 2.19. The van der Waals surface area contributed by atoms with E-state index >= 15 is 0 Å². The van der Waals surface area contributed by atoms with Crippen LogP contribution in [0.3, 0.4) is 0 Å². The predicted octanol–water partition coefficient (Wildman–Crippen LogP) is 4.36. The van der Waals surface area contributed by atoms with E-state index in [-0.39, 0.29) is 17.4 Å². The Labute approximate surface area is 194 Å². The molecule has 0 aliphatic rings. The molecule has 33 heavy (non-hydrogen) atoms. The smallest absolute Gasteiger partial charge is 0.262 e. The molecule has 0 saturated carbocycles. The summed E-state index contributed by atoms with van der Waals surface area (Å²) in [5.41, 5.74) is 1.10. The van der Waals surface area contributed by atoms with Crippen molar-refractivity contribution in [2.24, 2.45) is 0 Å². The molecule has 174 valence electrons. The second-order valence-electron chi connectivity index (χ2n) is 8.46. The number of anilines is 1. The molecule has 0 aliphatic heterocycles. The summed E-state index contributed by atoms with van der Waals surface area (Å²) in [5, 5.41) is 2.75. The summed E-state index contributed by atoms with van der Waals surface area (Å²) >= 11 is 0. The van der Waals surface area contributed by atoms with Crippen molar-refractivity contribution in [1.29, 1.82) is 0 Å². The van der Waals surface area contributed by atoms with E-state index in [0.29, 0.717) is 23.8 Å². The molecule has 3 aromatic carbocycles. The molecular formula is C25H28N2O5S. The summed E-state index contributed by atoms with van der Waals surface area (Å²) in [6, 6.07) is 22.8. The SMILES string of the molecule is CC(C)(C)NS(=O)(=O)c1ccc(OCC(=O)Nc2ccc(OCc3ccccc3)cc2)cc1. The quantitative estimate of drug-likeness (QED) is 0.487. The van der Waals surface area contributed by atoms with E-state index in [9.17, 15) is 13.2 Å². The highest BCUT2D eigenvalue weighted by atomic mass is 32.2. The van der Waals surface area contributed by atoms with E-state index in [1.54, 1.807) is 45.0 Å². The van der Waals surface area contributed by atoms with E-state index in [1.165, 1.54) is 24.3 Å². The topological polar surface area (TPSA) is 93.7 Å². The van der Waals surface area contributed by atoms with Crippen LogP contribution in [-0.4, -0.2) is 26.5 Å². The molecule has 0 aromatic heterocycles. The summed E-state index contributed by atoms with van der Waals surface area (Å²) in [4.78, 5) is 12.3. The number of carbonyl (C=O) groups excluding carboxylic acids is 1. The summed E-state index contributed by atoms with van der Waals surface area (Å²) in [6.45, 7) is 5.56. The Kier molecular flexibility index (Phi) is 7.73. The van der Waals surface area contributed by atoms with Gasteiger partial charge in [-0.15, -0.1) is 0 Å². The molecule has 0 bridgehead atoms. The molecule has 7 nitrogen and oxygen atoms in total. The number of carbonyl (C=O) groups is 1. The first-order chi connectivity index (χ1) is 15.6. The molecule has 0 unspecified atom stereocenters. The first-order valence-electron chi connectivity index (χ1n) is 10.4. The molecule has 1 amide bonds. The van der Waals surface area contributed by atoms with E-state index in [1.807, 2.05) is 30.3 Å². The lowest BCUT2D eigenvalue weighted by molar-refractivity contribution is -0.118. The van der Waals surface area contributed by atoms with Crippen LogP contribution in [0.5, 0.6) is 11.5 Å². The Morgan fingerprint density at radius 1 is 0.818 bits per heavy atom. The second kappa shape index (κ2) is 10.5. The van der Waals surface area contributed by atoms with Crippen molar-refractivity contribution in [1.82, 2.24) is 4.72 Å². The zero-order valence-corrected chi connectivity index (χ0v) is 19.7. The van der Waals surface area contributed by atoms with Crippen LogP contribution in [0.15, 0.2) is 83.8 Å². The fourth-order valence-electron chi connectivity index (χ4n) is 2.90. The van der Waals surface area contributed by atoms with Crippen LogP contribution in [0, 0.1) is 0 Å². The van der Waals surface area contributed by atoms with Crippen molar-refractivity contribution in [2.75, 3.05) is 11.9 Å². The zero-order valence-electron chi connectivity index (χ0n) is 18.9. The van der Waals surface area contributed by atoms with E-state index in [4.69, 9.17) is 9.47 Å². The normalized spacial score (nSPS) is 11.6. The zero-order chi connectivity index (χ0) is 23.9. The van der Waals surface area contributed by atoms with Gasteiger partial charge < -0.3 is 14.8 Å². The van der Waals surface area contributed by atoms with Crippen LogP contribution in [0.4, 0.5) is 5.69 Å². The van der Waals surface area contributed by atoms with Crippen LogP contribution >= 0.6 is 0 Å². The average molecular weight is 469 g/mol. The van der Waals surface area contributed by atoms with E-state index in [2.05, 4.69) is 10.0 Å². The number of sulfonamides is 1. The van der Waals surface area contributed by atoms with Gasteiger partial charge in [0.15, 0.2) is 6.61 Å². The Hall–Kier alpha value is -3.36. The molecule has 3 aromatic rings. The molecule has 2 N–H and O–H groups in total. The maximum absolute atomic E-state index is 12.3. The molecule has 0 heterocycles. The molecule has 0 radical (unpaired) electrons. The molecule has 0 aliphatic carbocycles. The number of hydrogen-bond acceptors (Lipinski definition) is 5. The number of nitrogens with one attached hydrogen (secondary N) is 2. The molecular weight excluding hydrogens is 440 g/mol. The number of amides is 1. The summed E-state index contributed by atoms with van der Waals surface area (Å²) < 4.78 is 38.5. The van der Waals surface area contributed by atoms with Crippen LogP contribution in [0.25, 0.3) is 0 Å². The lowest BCUT2D eigenvalue weighted by Crippen LogP contribution is -2.40. The number of ether oxygens (including phenoxy) is 2. The van der Waals surface area contributed by atoms with Gasteiger partial charge in [-0.3, -0.25) is 4.79 Å². The minimum atomic E-state index is -3.63. The molecule has 0 saturated heterocycles. The van der Waals surface area contributed by atoms with Gasteiger partial charge in [-0.2, -0.15) is 0 Å². The third kappa shape index (κ3) is 7.93. The van der Waals surface area contributed by atoms with Crippen LogP contribution in [0.2, 0.25) is 0 Å². The fraction of sp³-hybridized carbons (Fsp3) is 0.240. The van der Waals surface area contributed by atoms with Gasteiger partial charge in [0.25, 0.3) is 5.91 Å². The Bertz CT molecular complexity index is 1150. The maximum atomic E-state index is 12.3. The second-order valence-corrected chi connectivity index (χ2v) is 10.1. The van der Waals surface area contributed by atoms with Gasteiger partial charge in [-0.05, 0) is 74.9 Å². The van der Waals surface area contributed by atoms with Crippen LogP contribution < -0.4 is 19.5 Å². The molecule has 3 rings (SSSR count). The Morgan fingerprint density at radius 2 is 1.39 bits per heavy atom. The Balaban J connectivity index is 1.47. The standard InChI is InChI=1S/C25H28N2O5S/c1-25(2,3)27-33(29,30)23-15-13-22(14-16-23)32-18-24(28)26-20-9-11-21(12-10-20)31-17-19-7-5-4-6-8-19/h4-16,27H,17-18H2,1-3H3,(H,26,28). The highest BCUT2D eigenvalue weighted by Gasteiger charge is 2.21. The van der Waals surface area contributed by atoms with Crippen molar-refractivity contribution in [2.45, 2.75) is 37.8 Å². The summed E-state index contributed by atoms with van der Waals surface area (Å²) in [5.74, 6) is 0.757. The van der Waals surface area contributed by atoms with Crippen molar-refractivity contribution in [3.8, 4) is 11.5 Å². The van der Waals surface area contributed by atoms with Crippen LogP contribution in [0.1, 0.15) is 26.3 Å². The lowest BCUT2D eigenvalue weighted by Gasteiger charge is -2.20. The van der Waals surface area contributed by atoms with Gasteiger partial charge >= 0.3 is 0 Å².